The summed E-state index contributed by atoms with van der Waals surface area (Å²) in [5.41, 5.74) is 0. The summed E-state index contributed by atoms with van der Waals surface area (Å²) in [7, 11) is -0.783. The first-order valence-electron chi connectivity index (χ1n) is 2.12. The molecule has 0 saturated heterocycles. The standard InChI is InChI=1S/C3H8O4P.Mg/c1-3-6-8(4)7-5-2;/h3H2,1-2H3;/q-1;+2. The van der Waals surface area contributed by atoms with Crippen LogP contribution in [0.2, 0.25) is 0 Å². The van der Waals surface area contributed by atoms with Crippen molar-refractivity contribution in [3.05, 3.63) is 0 Å². The van der Waals surface area contributed by atoms with Crippen molar-refractivity contribution in [2.24, 2.45) is 0 Å². The third-order valence-corrected chi connectivity index (χ3v) is 1.11. The third kappa shape index (κ3) is 9.04. The van der Waals surface area contributed by atoms with Crippen molar-refractivity contribution < 1.29 is 19.0 Å². The van der Waals surface area contributed by atoms with E-state index in [0.717, 1.165) is 0 Å². The van der Waals surface area contributed by atoms with Crippen molar-refractivity contribution in [1.29, 1.82) is 0 Å². The minimum Gasteiger partial charge on any atom is -0.784 e. The van der Waals surface area contributed by atoms with E-state index in [4.69, 9.17) is 0 Å². The molecule has 0 aliphatic carbocycles. The van der Waals surface area contributed by atoms with Crippen LogP contribution in [-0.2, 0) is 14.1 Å². The molecule has 0 aromatic heterocycles. The van der Waals surface area contributed by atoms with Crippen LogP contribution in [0.5, 0.6) is 0 Å². The van der Waals surface area contributed by atoms with E-state index in [1.807, 2.05) is 0 Å². The average molecular weight is 163 g/mol. The summed E-state index contributed by atoms with van der Waals surface area (Å²) in [6, 6.07) is 0. The van der Waals surface area contributed by atoms with Gasteiger partial charge in [-0.15, -0.1) is 0 Å². The van der Waals surface area contributed by atoms with Gasteiger partial charge in [0.15, 0.2) is 0 Å². The van der Waals surface area contributed by atoms with Crippen LogP contribution in [0.3, 0.4) is 0 Å². The molecule has 1 atom stereocenters. The third-order valence-electron chi connectivity index (χ3n) is 0.370. The molecule has 0 spiro atoms. The van der Waals surface area contributed by atoms with E-state index in [9.17, 15) is 4.89 Å². The molecule has 0 amide bonds. The topological polar surface area (TPSA) is 50.8 Å². The molecule has 0 aliphatic heterocycles. The summed E-state index contributed by atoms with van der Waals surface area (Å²) < 4.78 is 8.51. The first kappa shape index (κ1) is 12.7. The van der Waals surface area contributed by atoms with Gasteiger partial charge in [0.25, 0.3) is 0 Å². The van der Waals surface area contributed by atoms with Crippen molar-refractivity contribution in [2.75, 3.05) is 13.7 Å². The summed E-state index contributed by atoms with van der Waals surface area (Å²) in [5.74, 6) is 0. The van der Waals surface area contributed by atoms with Crippen molar-refractivity contribution >= 4 is 31.7 Å². The first-order valence-corrected chi connectivity index (χ1v) is 3.21. The Morgan fingerprint density at radius 1 is 1.56 bits per heavy atom. The second-order valence-corrected chi connectivity index (χ2v) is 1.74. The fraction of sp³-hybridized carbons (Fsp3) is 1.00. The molecule has 0 N–H and O–H groups in total. The Kier molecular flexibility index (Phi) is 12.7. The summed E-state index contributed by atoms with van der Waals surface area (Å²) in [5, 5.41) is 0. The molecule has 0 rings (SSSR count). The van der Waals surface area contributed by atoms with E-state index >= 15 is 0 Å². The average Bonchev–Trinajstić information content (AvgIpc) is 1.68. The first-order chi connectivity index (χ1) is 3.81. The Morgan fingerprint density at radius 3 is 2.44 bits per heavy atom. The van der Waals surface area contributed by atoms with Gasteiger partial charge in [0.2, 0.25) is 0 Å². The van der Waals surface area contributed by atoms with Crippen molar-refractivity contribution in [3.63, 3.8) is 0 Å². The Labute approximate surface area is 71.6 Å². The molecule has 0 aromatic rings. The molecular weight excluding hydrogens is 155 g/mol. The van der Waals surface area contributed by atoms with Gasteiger partial charge in [-0.3, -0.25) is 0 Å². The SMILES string of the molecule is CCOP([O-])OOC.[Mg+2]. The molecule has 50 valence electrons. The molecular formula is C3H8MgO4P+. The molecule has 0 heterocycles. The molecule has 0 bridgehead atoms. The molecule has 0 fully saturated rings. The van der Waals surface area contributed by atoms with Gasteiger partial charge in [0.05, 0.1) is 7.11 Å². The maximum atomic E-state index is 10.2. The molecule has 4 nitrogen and oxygen atoms in total. The van der Waals surface area contributed by atoms with Gasteiger partial charge in [-0.1, -0.05) is 0 Å². The van der Waals surface area contributed by atoms with E-state index in [2.05, 4.69) is 14.1 Å². The summed E-state index contributed by atoms with van der Waals surface area (Å²) in [6.45, 7) is 2.07. The Balaban J connectivity index is 0. The van der Waals surface area contributed by atoms with Gasteiger partial charge < -0.3 is 9.42 Å². The van der Waals surface area contributed by atoms with Crippen LogP contribution in [-0.4, -0.2) is 36.8 Å². The zero-order chi connectivity index (χ0) is 6.41. The molecule has 0 radical (unpaired) electrons. The number of hydrogen-bond acceptors (Lipinski definition) is 4. The maximum absolute atomic E-state index is 10.2. The number of hydrogen-bond donors (Lipinski definition) is 0. The van der Waals surface area contributed by atoms with E-state index in [1.54, 1.807) is 6.92 Å². The van der Waals surface area contributed by atoms with Gasteiger partial charge in [-0.05, 0) is 6.92 Å². The van der Waals surface area contributed by atoms with Crippen LogP contribution in [0.25, 0.3) is 0 Å². The summed E-state index contributed by atoms with van der Waals surface area (Å²) in [4.78, 5) is 14.3. The normalized spacial score (nSPS) is 12.3. The predicted molar refractivity (Wildman–Crippen MR) is 32.4 cm³/mol. The van der Waals surface area contributed by atoms with Crippen molar-refractivity contribution in [1.82, 2.24) is 0 Å². The Morgan fingerprint density at radius 2 is 2.11 bits per heavy atom. The van der Waals surface area contributed by atoms with Crippen LogP contribution in [0.1, 0.15) is 6.92 Å². The summed E-state index contributed by atoms with van der Waals surface area (Å²) >= 11 is 0. The van der Waals surface area contributed by atoms with Crippen molar-refractivity contribution in [3.8, 4) is 0 Å². The molecule has 6 heteroatoms. The predicted octanol–water partition coefficient (Wildman–Crippen LogP) is -0.193. The zero-order valence-corrected chi connectivity index (χ0v) is 7.80. The maximum Gasteiger partial charge on any atom is 2.00 e. The van der Waals surface area contributed by atoms with Crippen LogP contribution in [0.4, 0.5) is 0 Å². The van der Waals surface area contributed by atoms with Crippen LogP contribution in [0, 0.1) is 0 Å². The second kappa shape index (κ2) is 9.04. The van der Waals surface area contributed by atoms with Crippen molar-refractivity contribution in [2.45, 2.75) is 6.92 Å². The molecule has 0 aromatic carbocycles. The fourth-order valence-electron chi connectivity index (χ4n) is 0.188. The van der Waals surface area contributed by atoms with E-state index < -0.39 is 8.60 Å². The fourth-order valence-corrected chi connectivity index (χ4v) is 0.563. The van der Waals surface area contributed by atoms with E-state index in [0.29, 0.717) is 6.61 Å². The molecule has 0 aliphatic rings. The largest absolute Gasteiger partial charge is 2.00 e. The molecule has 0 saturated carbocycles. The van der Waals surface area contributed by atoms with Crippen LogP contribution < -0.4 is 4.89 Å². The van der Waals surface area contributed by atoms with Gasteiger partial charge in [-0.25, -0.2) is 9.56 Å². The molecule has 9 heavy (non-hydrogen) atoms. The quantitative estimate of drug-likeness (QED) is 0.249. The minimum atomic E-state index is -2.05. The minimum absolute atomic E-state index is 0. The zero-order valence-electron chi connectivity index (χ0n) is 5.49. The van der Waals surface area contributed by atoms with E-state index in [1.165, 1.54) is 7.11 Å². The smallest absolute Gasteiger partial charge is 0.784 e. The molecule has 1 unspecified atom stereocenters. The van der Waals surface area contributed by atoms with Gasteiger partial charge >= 0.3 is 23.1 Å². The second-order valence-electron chi connectivity index (χ2n) is 0.883. The van der Waals surface area contributed by atoms with Gasteiger partial charge in [-0.2, -0.15) is 0 Å². The van der Waals surface area contributed by atoms with Crippen LogP contribution in [0.15, 0.2) is 0 Å². The Hall–Kier alpha value is 1.04. The number of rotatable bonds is 4. The van der Waals surface area contributed by atoms with Gasteiger partial charge in [0.1, 0.15) is 8.60 Å². The van der Waals surface area contributed by atoms with E-state index in [-0.39, 0.29) is 23.1 Å². The van der Waals surface area contributed by atoms with Crippen LogP contribution >= 0.6 is 8.60 Å². The monoisotopic (exact) mass is 163 g/mol. The summed E-state index contributed by atoms with van der Waals surface area (Å²) in [6.07, 6.45) is 0. The van der Waals surface area contributed by atoms with Gasteiger partial charge in [0, 0.05) is 6.61 Å². The Bertz CT molecular complexity index is 49.1.